The average molecular weight is 1240 g/mol. The topological polar surface area (TPSA) is 216 Å². The van der Waals surface area contributed by atoms with Crippen LogP contribution >= 0.6 is 34.3 Å². The zero-order chi connectivity index (χ0) is 63.3. The fraction of sp³-hybridized carbons (Fsp3) is 0.688. The maximum Gasteiger partial charge on any atom is 0.353 e. The van der Waals surface area contributed by atoms with Crippen molar-refractivity contribution in [3.8, 4) is 23.7 Å². The minimum absolute atomic E-state index is 0.0446. The highest BCUT2D eigenvalue weighted by Gasteiger charge is 2.42. The Morgan fingerprint density at radius 3 is 1.31 bits per heavy atom. The number of alkyl halides is 1. The van der Waals surface area contributed by atoms with Gasteiger partial charge in [0.25, 0.3) is 0 Å². The number of morpholine rings is 2. The Hall–Kier alpha value is -5.51. The van der Waals surface area contributed by atoms with Crippen LogP contribution in [0.15, 0.2) is 12.1 Å². The van der Waals surface area contributed by atoms with Gasteiger partial charge < -0.3 is 38.6 Å². The van der Waals surface area contributed by atoms with Crippen LogP contribution < -0.4 is 9.80 Å². The lowest BCUT2D eigenvalue weighted by Gasteiger charge is -2.38. The number of halogens is 1. The van der Waals surface area contributed by atoms with Gasteiger partial charge in [0.2, 0.25) is 30.4 Å². The molecule has 4 heterocycles. The Kier molecular flexibility index (Phi) is 28.9. The number of ether oxygens (including phenoxy) is 5. The van der Waals surface area contributed by atoms with Gasteiger partial charge in [0.05, 0.1) is 59.4 Å². The first-order valence-corrected chi connectivity index (χ1v) is 32.2. The van der Waals surface area contributed by atoms with Crippen LogP contribution in [-0.2, 0) is 52.5 Å². The second-order valence-electron chi connectivity index (χ2n) is 24.9. The van der Waals surface area contributed by atoms with Crippen LogP contribution in [0.3, 0.4) is 0 Å². The largest absolute Gasteiger partial charge is 0.477 e. The van der Waals surface area contributed by atoms with E-state index >= 15 is 0 Å². The van der Waals surface area contributed by atoms with E-state index in [-0.39, 0.29) is 85.6 Å². The first-order chi connectivity index (χ1) is 40.0. The van der Waals surface area contributed by atoms with Crippen LogP contribution in [0.2, 0.25) is 0 Å². The van der Waals surface area contributed by atoms with Gasteiger partial charge in [-0.05, 0) is 130 Å². The lowest BCUT2D eigenvalue weighted by Crippen LogP contribution is -2.55. The van der Waals surface area contributed by atoms with E-state index in [1.54, 1.807) is 49.6 Å². The smallest absolute Gasteiger partial charge is 0.353 e. The van der Waals surface area contributed by atoms with Gasteiger partial charge in [0.1, 0.15) is 21.8 Å². The number of anilines is 2. The van der Waals surface area contributed by atoms with E-state index in [1.807, 2.05) is 55.4 Å². The van der Waals surface area contributed by atoms with Crippen molar-refractivity contribution in [3.05, 3.63) is 31.6 Å². The number of hydrogen-bond donors (Lipinski definition) is 1. The fourth-order valence-electron chi connectivity index (χ4n) is 9.85. The van der Waals surface area contributed by atoms with Crippen LogP contribution in [0.25, 0.3) is 0 Å². The summed E-state index contributed by atoms with van der Waals surface area (Å²) in [7, 11) is 0. The number of esters is 3. The summed E-state index contributed by atoms with van der Waals surface area (Å²) in [5, 5.41) is 10.0. The molecule has 18 nitrogen and oxygen atoms in total. The maximum atomic E-state index is 14.4. The third kappa shape index (κ3) is 22.3. The number of amides is 4. The number of hydrogen-bond acceptors (Lipinski definition) is 15. The third-order valence-corrected chi connectivity index (χ3v) is 16.9. The molecule has 4 amide bonds. The van der Waals surface area contributed by atoms with E-state index in [1.165, 1.54) is 9.80 Å². The summed E-state index contributed by atoms with van der Waals surface area (Å²) in [6, 6.07) is 1.79. The quantitative estimate of drug-likeness (QED) is 0.0675. The third-order valence-electron chi connectivity index (χ3n) is 14.8. The highest BCUT2D eigenvalue weighted by atomic mass is 35.5. The van der Waals surface area contributed by atoms with E-state index in [0.29, 0.717) is 92.7 Å². The summed E-state index contributed by atoms with van der Waals surface area (Å²) < 4.78 is 25.7. The highest BCUT2D eigenvalue weighted by Crippen LogP contribution is 2.40. The Morgan fingerprint density at radius 1 is 0.612 bits per heavy atom. The van der Waals surface area contributed by atoms with Crippen molar-refractivity contribution in [3.63, 3.8) is 0 Å². The van der Waals surface area contributed by atoms with Crippen molar-refractivity contribution in [2.45, 2.75) is 173 Å². The molecule has 4 fully saturated rings. The Labute approximate surface area is 517 Å². The molecule has 472 valence electrons. The molecule has 2 atom stereocenters. The van der Waals surface area contributed by atoms with Gasteiger partial charge in [-0.2, -0.15) is 0 Å². The standard InChI is InChI=1S/C32H46N2O7S.C27H38N2O5S.C5H9ClO2/c1-8-25(29(36)33-15-17-39-18-16-33)34(28(35)23-11-9-22(4)10-12-23)26-19-24(13-14-32(5,6)7)42-27(26)31(38)41-20-40-30(37)21(2)3;1-6-21(25(31)28-13-15-34-16-14-28)29(24(30)19-9-7-18(2)8-10-19)22-17-20(11-12-27(3,4)5)35-23(22)26(32)33;1-4(2)5(7)8-3-6/h19,21-23,25H,8-12,15-18,20H2,1-7H3;17-19,21H,6-10,13-16H2,1-5H3,(H,32,33);4H,3H2,1-2H3/t22?,23?,25-;18?,19?,21-;/m00./s1. The zero-order valence-electron chi connectivity index (χ0n) is 52.7. The van der Waals surface area contributed by atoms with E-state index in [9.17, 15) is 43.5 Å². The number of carboxylic acids is 1. The lowest BCUT2D eigenvalue weighted by atomic mass is 9.82. The number of carbonyl (C=O) groups is 8. The molecule has 0 unspecified atom stereocenters. The van der Waals surface area contributed by atoms with Gasteiger partial charge in [-0.3, -0.25) is 38.6 Å². The van der Waals surface area contributed by atoms with Crippen LogP contribution in [0.1, 0.15) is 190 Å². The Morgan fingerprint density at radius 2 is 0.976 bits per heavy atom. The SMILES string of the molecule is CC(C)C(=O)OCCl.CC[C@@H](C(=O)N1CCOCC1)N(C(=O)C1CCC(C)CC1)c1cc(C#CC(C)(C)C)sc1C(=O)O.CC[C@@H](C(=O)N1CCOCC1)N(C(=O)C1CCC(C)CC1)c1cc(C#CC(C)(C)C)sc1C(=O)OCOC(=O)C(C)C. The molecule has 2 saturated carbocycles. The van der Waals surface area contributed by atoms with Gasteiger partial charge >= 0.3 is 23.9 Å². The van der Waals surface area contributed by atoms with E-state index in [2.05, 4.69) is 42.3 Å². The molecule has 2 aliphatic carbocycles. The van der Waals surface area contributed by atoms with Crippen molar-refractivity contribution >= 4 is 93.2 Å². The first kappa shape index (κ1) is 72.0. The predicted molar refractivity (Wildman–Crippen MR) is 331 cm³/mol. The van der Waals surface area contributed by atoms with Gasteiger partial charge in [-0.15, -0.1) is 22.7 Å². The molecule has 0 spiro atoms. The van der Waals surface area contributed by atoms with E-state index in [4.69, 9.17) is 30.5 Å². The van der Waals surface area contributed by atoms with Crippen molar-refractivity contribution in [1.29, 1.82) is 0 Å². The molecule has 2 aromatic heterocycles. The van der Waals surface area contributed by atoms with E-state index in [0.717, 1.165) is 74.0 Å². The Balaban J connectivity index is 0.000000326. The molecule has 1 N–H and O–H groups in total. The molecule has 0 bridgehead atoms. The minimum Gasteiger partial charge on any atom is -0.477 e. The molecule has 2 aromatic rings. The lowest BCUT2D eigenvalue weighted by molar-refractivity contribution is -0.156. The Bertz CT molecular complexity index is 2710. The monoisotopic (exact) mass is 1240 g/mol. The molecular formula is C64H93ClN4O14S2. The van der Waals surface area contributed by atoms with Crippen molar-refractivity contribution in [2.75, 3.05) is 75.3 Å². The van der Waals surface area contributed by atoms with Crippen LogP contribution in [0, 0.1) is 70.0 Å². The van der Waals surface area contributed by atoms with Gasteiger partial charge in [-0.1, -0.05) is 90.7 Å². The number of aromatic carboxylic acids is 1. The van der Waals surface area contributed by atoms with Gasteiger partial charge in [0.15, 0.2) is 6.07 Å². The highest BCUT2D eigenvalue weighted by molar-refractivity contribution is 7.15. The predicted octanol–water partition coefficient (Wildman–Crippen LogP) is 11.3. The molecule has 4 aliphatic rings. The molecular weight excluding hydrogens is 1150 g/mol. The molecule has 21 heteroatoms. The summed E-state index contributed by atoms with van der Waals surface area (Å²) in [5.74, 6) is 9.52. The van der Waals surface area contributed by atoms with Gasteiger partial charge in [-0.25, -0.2) is 9.59 Å². The molecule has 0 aromatic carbocycles. The number of thiophene rings is 2. The molecule has 85 heavy (non-hydrogen) atoms. The van der Waals surface area contributed by atoms with Gasteiger partial charge in [0, 0.05) is 48.8 Å². The van der Waals surface area contributed by atoms with Crippen molar-refractivity contribution < 1.29 is 67.1 Å². The maximum absolute atomic E-state index is 14.4. The second-order valence-corrected chi connectivity index (χ2v) is 27.2. The zero-order valence-corrected chi connectivity index (χ0v) is 55.0. The fourth-order valence-corrected chi connectivity index (χ4v) is 11.7. The molecule has 2 aliphatic heterocycles. The average Bonchev–Trinajstić information content (AvgIpc) is 3.10. The minimum atomic E-state index is -1.11. The normalized spacial score (nSPS) is 19.6. The first-order valence-electron chi connectivity index (χ1n) is 30.0. The summed E-state index contributed by atoms with van der Waals surface area (Å²) in [4.78, 5) is 112. The van der Waals surface area contributed by atoms with E-state index < -0.39 is 36.8 Å². The molecule has 2 saturated heterocycles. The van der Waals surface area contributed by atoms with Crippen molar-refractivity contribution in [2.24, 2.45) is 46.3 Å². The summed E-state index contributed by atoms with van der Waals surface area (Å²) in [6.45, 7) is 30.0. The summed E-state index contributed by atoms with van der Waals surface area (Å²) in [5.41, 5.74) is 0.0657. The second kappa shape index (κ2) is 34.1. The summed E-state index contributed by atoms with van der Waals surface area (Å²) in [6.07, 6.45) is 7.49. The number of carboxylic acid groups (broad SMARTS) is 1. The number of carbonyl (C=O) groups excluding carboxylic acids is 7. The molecule has 0 radical (unpaired) electrons. The van der Waals surface area contributed by atoms with Crippen LogP contribution in [0.4, 0.5) is 11.4 Å². The van der Waals surface area contributed by atoms with Crippen LogP contribution in [-0.4, -0.2) is 140 Å². The molecule has 6 rings (SSSR count). The van der Waals surface area contributed by atoms with Crippen molar-refractivity contribution in [1.82, 2.24) is 9.80 Å². The summed E-state index contributed by atoms with van der Waals surface area (Å²) >= 11 is 7.28. The van der Waals surface area contributed by atoms with Crippen LogP contribution in [0.5, 0.6) is 0 Å². The number of nitrogens with zero attached hydrogens (tertiary/aromatic N) is 4. The number of rotatable bonds is 17.